The minimum absolute atomic E-state index is 0.315. The fourth-order valence-corrected chi connectivity index (χ4v) is 3.49. The van der Waals surface area contributed by atoms with Gasteiger partial charge in [0.1, 0.15) is 0 Å². The van der Waals surface area contributed by atoms with Crippen LogP contribution in [0.3, 0.4) is 0 Å². The number of piperidine rings is 3. The van der Waals surface area contributed by atoms with Gasteiger partial charge in [-0.25, -0.2) is 0 Å². The van der Waals surface area contributed by atoms with Crippen molar-refractivity contribution in [3.8, 4) is 0 Å². The zero-order valence-corrected chi connectivity index (χ0v) is 10.1. The molecule has 2 bridgehead atoms. The average Bonchev–Trinajstić information content (AvgIpc) is 2.40. The monoisotopic (exact) mass is 219 g/mol. The van der Waals surface area contributed by atoms with Gasteiger partial charge in [0.25, 0.3) is 0 Å². The highest BCUT2D eigenvalue weighted by Crippen LogP contribution is 2.39. The molecule has 2 atom stereocenters. The fourth-order valence-electron chi connectivity index (χ4n) is 3.49. The zero-order chi connectivity index (χ0) is 11.0. The first-order valence-electron chi connectivity index (χ1n) is 6.49. The number of fused-ring (bicyclic) bond motifs is 3. The van der Waals surface area contributed by atoms with Crippen molar-refractivity contribution >= 4 is 0 Å². The molecule has 2 unspecified atom stereocenters. The van der Waals surface area contributed by atoms with Crippen molar-refractivity contribution < 1.29 is 4.74 Å². The lowest BCUT2D eigenvalue weighted by Crippen LogP contribution is -2.48. The standard InChI is InChI=1S/C14H21NO/c1-16-13-4-2-3-12(9-13)14-10-15-7-5-11(14)6-8-15/h2-4,11,13-14H,5-10H2,1H3. The second-order valence-corrected chi connectivity index (χ2v) is 5.35. The Kier molecular flexibility index (Phi) is 2.86. The molecule has 2 nitrogen and oxygen atoms in total. The summed E-state index contributed by atoms with van der Waals surface area (Å²) in [6, 6.07) is 0. The SMILES string of the molecule is COC1C=CC=C(C2CN3CCC2CC3)C1. The molecule has 3 fully saturated rings. The normalized spacial score (nSPS) is 42.2. The first kappa shape index (κ1) is 10.5. The van der Waals surface area contributed by atoms with Crippen LogP contribution in [0.15, 0.2) is 23.8 Å². The van der Waals surface area contributed by atoms with Crippen molar-refractivity contribution in [3.63, 3.8) is 0 Å². The average molecular weight is 219 g/mol. The van der Waals surface area contributed by atoms with E-state index in [0.29, 0.717) is 6.10 Å². The number of rotatable bonds is 2. The summed E-state index contributed by atoms with van der Waals surface area (Å²) in [5, 5.41) is 0. The van der Waals surface area contributed by atoms with Crippen LogP contribution in [0.2, 0.25) is 0 Å². The molecule has 3 heterocycles. The Hall–Kier alpha value is -0.600. The Labute approximate surface area is 98.0 Å². The van der Waals surface area contributed by atoms with Gasteiger partial charge in [-0.2, -0.15) is 0 Å². The van der Waals surface area contributed by atoms with Crippen molar-refractivity contribution in [1.29, 1.82) is 0 Å². The van der Waals surface area contributed by atoms with Crippen molar-refractivity contribution in [2.24, 2.45) is 11.8 Å². The van der Waals surface area contributed by atoms with Gasteiger partial charge in [-0.15, -0.1) is 0 Å². The lowest BCUT2D eigenvalue weighted by Gasteiger charge is -2.46. The largest absolute Gasteiger partial charge is 0.377 e. The van der Waals surface area contributed by atoms with Crippen molar-refractivity contribution in [1.82, 2.24) is 4.90 Å². The van der Waals surface area contributed by atoms with Crippen molar-refractivity contribution in [3.05, 3.63) is 23.8 Å². The van der Waals surface area contributed by atoms with Crippen LogP contribution < -0.4 is 0 Å². The van der Waals surface area contributed by atoms with Crippen LogP contribution in [-0.4, -0.2) is 37.7 Å². The van der Waals surface area contributed by atoms with Crippen LogP contribution >= 0.6 is 0 Å². The Morgan fingerprint density at radius 2 is 2.12 bits per heavy atom. The molecule has 0 N–H and O–H groups in total. The van der Waals surface area contributed by atoms with E-state index < -0.39 is 0 Å². The molecule has 3 saturated heterocycles. The Morgan fingerprint density at radius 3 is 2.75 bits per heavy atom. The number of nitrogens with zero attached hydrogens (tertiary/aromatic N) is 1. The van der Waals surface area contributed by atoms with Crippen molar-refractivity contribution in [2.75, 3.05) is 26.7 Å². The van der Waals surface area contributed by atoms with Gasteiger partial charge in [0.15, 0.2) is 0 Å². The molecular formula is C14H21NO. The van der Waals surface area contributed by atoms with Gasteiger partial charge in [-0.05, 0) is 44.2 Å². The van der Waals surface area contributed by atoms with E-state index in [1.54, 1.807) is 5.57 Å². The van der Waals surface area contributed by atoms with E-state index in [0.717, 1.165) is 18.3 Å². The zero-order valence-electron chi connectivity index (χ0n) is 10.1. The van der Waals surface area contributed by atoms with Gasteiger partial charge in [0.2, 0.25) is 0 Å². The number of hydrogen-bond donors (Lipinski definition) is 0. The van der Waals surface area contributed by atoms with Gasteiger partial charge >= 0.3 is 0 Å². The third-order valence-electron chi connectivity index (χ3n) is 4.51. The van der Waals surface area contributed by atoms with Crippen LogP contribution in [0.5, 0.6) is 0 Å². The molecule has 0 aromatic heterocycles. The molecule has 3 aliphatic heterocycles. The third kappa shape index (κ3) is 1.85. The first-order valence-corrected chi connectivity index (χ1v) is 6.49. The Morgan fingerprint density at radius 1 is 1.31 bits per heavy atom. The summed E-state index contributed by atoms with van der Waals surface area (Å²) in [6.07, 6.45) is 10.9. The van der Waals surface area contributed by atoms with Crippen molar-refractivity contribution in [2.45, 2.75) is 25.4 Å². The molecule has 0 aromatic carbocycles. The summed E-state index contributed by atoms with van der Waals surface area (Å²) < 4.78 is 5.45. The van der Waals surface area contributed by atoms with E-state index in [1.807, 2.05) is 7.11 Å². The summed E-state index contributed by atoms with van der Waals surface area (Å²) in [6.45, 7) is 3.96. The predicted octanol–water partition coefficient (Wildman–Crippen LogP) is 2.23. The molecule has 2 heteroatoms. The van der Waals surface area contributed by atoms with Crippen LogP contribution in [0.25, 0.3) is 0 Å². The van der Waals surface area contributed by atoms with Gasteiger partial charge < -0.3 is 9.64 Å². The summed E-state index contributed by atoms with van der Waals surface area (Å²) in [4.78, 5) is 2.63. The first-order chi connectivity index (χ1) is 7.86. The highest BCUT2D eigenvalue weighted by molar-refractivity contribution is 5.24. The van der Waals surface area contributed by atoms with Gasteiger partial charge in [-0.3, -0.25) is 0 Å². The number of ether oxygens (including phenoxy) is 1. The molecule has 0 saturated carbocycles. The van der Waals surface area contributed by atoms with E-state index in [4.69, 9.17) is 4.74 Å². The summed E-state index contributed by atoms with van der Waals surface area (Å²) >= 11 is 0. The molecule has 88 valence electrons. The third-order valence-corrected chi connectivity index (χ3v) is 4.51. The minimum Gasteiger partial charge on any atom is -0.377 e. The Bertz CT molecular complexity index is 313. The molecular weight excluding hydrogens is 198 g/mol. The number of methoxy groups -OCH3 is 1. The molecule has 4 rings (SSSR count). The summed E-state index contributed by atoms with van der Waals surface area (Å²) in [7, 11) is 1.81. The van der Waals surface area contributed by atoms with Crippen LogP contribution in [0, 0.1) is 11.8 Å². The van der Waals surface area contributed by atoms with Crippen LogP contribution in [0.4, 0.5) is 0 Å². The lowest BCUT2D eigenvalue weighted by atomic mass is 9.73. The highest BCUT2D eigenvalue weighted by atomic mass is 16.5. The van der Waals surface area contributed by atoms with E-state index >= 15 is 0 Å². The second kappa shape index (κ2) is 4.34. The minimum atomic E-state index is 0.315. The predicted molar refractivity (Wildman–Crippen MR) is 65.3 cm³/mol. The maximum absolute atomic E-state index is 5.45. The topological polar surface area (TPSA) is 12.5 Å². The van der Waals surface area contributed by atoms with E-state index in [2.05, 4.69) is 23.1 Å². The number of allylic oxidation sites excluding steroid dienone is 2. The maximum atomic E-state index is 5.45. The summed E-state index contributed by atoms with van der Waals surface area (Å²) in [5.74, 6) is 1.75. The van der Waals surface area contributed by atoms with Gasteiger partial charge in [0.05, 0.1) is 6.10 Å². The van der Waals surface area contributed by atoms with E-state index in [9.17, 15) is 0 Å². The smallest absolute Gasteiger partial charge is 0.0792 e. The fraction of sp³-hybridized carbons (Fsp3) is 0.714. The van der Waals surface area contributed by atoms with E-state index in [1.165, 1.54) is 32.5 Å². The summed E-state index contributed by atoms with van der Waals surface area (Å²) in [5.41, 5.74) is 1.63. The number of hydrogen-bond acceptors (Lipinski definition) is 2. The molecule has 0 spiro atoms. The lowest BCUT2D eigenvalue weighted by molar-refractivity contribution is 0.0609. The van der Waals surface area contributed by atoms with Gasteiger partial charge in [-0.1, -0.05) is 23.8 Å². The molecule has 0 aromatic rings. The molecule has 1 aliphatic carbocycles. The Balaban J connectivity index is 1.73. The van der Waals surface area contributed by atoms with E-state index in [-0.39, 0.29) is 0 Å². The maximum Gasteiger partial charge on any atom is 0.0792 e. The molecule has 0 radical (unpaired) electrons. The van der Waals surface area contributed by atoms with Crippen LogP contribution in [0.1, 0.15) is 19.3 Å². The molecule has 4 aliphatic rings. The molecule has 16 heavy (non-hydrogen) atoms. The quantitative estimate of drug-likeness (QED) is 0.706. The van der Waals surface area contributed by atoms with Crippen LogP contribution in [-0.2, 0) is 4.74 Å². The highest BCUT2D eigenvalue weighted by Gasteiger charge is 2.36. The van der Waals surface area contributed by atoms with Gasteiger partial charge in [0, 0.05) is 13.7 Å². The second-order valence-electron chi connectivity index (χ2n) is 5.35. The molecule has 0 amide bonds.